The molecule has 0 radical (unpaired) electrons. The van der Waals surface area contributed by atoms with Gasteiger partial charge in [0.25, 0.3) is 0 Å². The molecule has 1 heterocycles. The molecule has 0 saturated heterocycles. The maximum absolute atomic E-state index is 10.6. The van der Waals surface area contributed by atoms with Crippen LogP contribution < -0.4 is 10.1 Å². The summed E-state index contributed by atoms with van der Waals surface area (Å²) in [5.74, 6) is 1.49. The summed E-state index contributed by atoms with van der Waals surface area (Å²) in [5, 5.41) is 2.91. The molecule has 0 aromatic heterocycles. The van der Waals surface area contributed by atoms with Gasteiger partial charge in [-0.25, -0.2) is 0 Å². The molecular formula is C15H21NO2. The van der Waals surface area contributed by atoms with E-state index in [9.17, 15) is 4.79 Å². The summed E-state index contributed by atoms with van der Waals surface area (Å²) >= 11 is 0. The summed E-state index contributed by atoms with van der Waals surface area (Å²) in [4.78, 5) is 10.6. The number of ether oxygens (including phenoxy) is 1. The number of benzene rings is 1. The third kappa shape index (κ3) is 2.66. The fraction of sp³-hybridized carbons (Fsp3) is 0.533. The second-order valence-corrected chi connectivity index (χ2v) is 5.34. The molecule has 1 N–H and O–H groups in total. The molecule has 1 amide bonds. The Labute approximate surface area is 109 Å². The smallest absolute Gasteiger partial charge is 0.207 e. The van der Waals surface area contributed by atoms with Gasteiger partial charge in [0.2, 0.25) is 6.41 Å². The standard InChI is InChI=1S/C15H21NO2/c1-10(2)14(16-9-17)8-12-6-11(3)15-13(7-12)4-5-18-15/h6-7,9-10,14H,4-5,8H2,1-3H3,(H,16,17). The van der Waals surface area contributed by atoms with Gasteiger partial charge in [0.15, 0.2) is 0 Å². The van der Waals surface area contributed by atoms with Crippen LogP contribution in [0.2, 0.25) is 0 Å². The van der Waals surface area contributed by atoms with Gasteiger partial charge in [-0.2, -0.15) is 0 Å². The first-order chi connectivity index (χ1) is 8.61. The van der Waals surface area contributed by atoms with Crippen LogP contribution in [0.25, 0.3) is 0 Å². The van der Waals surface area contributed by atoms with Crippen LogP contribution in [0.3, 0.4) is 0 Å². The summed E-state index contributed by atoms with van der Waals surface area (Å²) in [6.07, 6.45) is 2.68. The summed E-state index contributed by atoms with van der Waals surface area (Å²) in [6.45, 7) is 7.14. The highest BCUT2D eigenvalue weighted by Crippen LogP contribution is 2.31. The lowest BCUT2D eigenvalue weighted by Gasteiger charge is -2.20. The average molecular weight is 247 g/mol. The van der Waals surface area contributed by atoms with Crippen LogP contribution in [0.5, 0.6) is 5.75 Å². The van der Waals surface area contributed by atoms with Crippen LogP contribution in [0, 0.1) is 12.8 Å². The van der Waals surface area contributed by atoms with Gasteiger partial charge in [0.05, 0.1) is 6.61 Å². The number of hydrogen-bond donors (Lipinski definition) is 1. The molecule has 3 heteroatoms. The number of fused-ring (bicyclic) bond motifs is 1. The lowest BCUT2D eigenvalue weighted by Crippen LogP contribution is -2.34. The fourth-order valence-corrected chi connectivity index (χ4v) is 2.53. The van der Waals surface area contributed by atoms with E-state index in [0.717, 1.165) is 31.6 Å². The zero-order valence-corrected chi connectivity index (χ0v) is 11.3. The van der Waals surface area contributed by atoms with Gasteiger partial charge in [-0.3, -0.25) is 4.79 Å². The van der Waals surface area contributed by atoms with Gasteiger partial charge in [-0.05, 0) is 36.0 Å². The van der Waals surface area contributed by atoms with Gasteiger partial charge in [0.1, 0.15) is 5.75 Å². The van der Waals surface area contributed by atoms with Crippen molar-refractivity contribution in [3.63, 3.8) is 0 Å². The molecule has 1 aliphatic rings. The molecule has 1 aliphatic heterocycles. The maximum Gasteiger partial charge on any atom is 0.207 e. The minimum atomic E-state index is 0.197. The average Bonchev–Trinajstić information content (AvgIpc) is 2.77. The Morgan fingerprint density at radius 3 is 2.89 bits per heavy atom. The first kappa shape index (κ1) is 12.9. The number of nitrogens with one attached hydrogen (secondary N) is 1. The lowest BCUT2D eigenvalue weighted by molar-refractivity contribution is -0.110. The molecule has 98 valence electrons. The van der Waals surface area contributed by atoms with E-state index in [1.807, 2.05) is 0 Å². The fourth-order valence-electron chi connectivity index (χ4n) is 2.53. The van der Waals surface area contributed by atoms with Crippen molar-refractivity contribution in [1.29, 1.82) is 0 Å². The normalized spacial score (nSPS) is 15.1. The summed E-state index contributed by atoms with van der Waals surface area (Å²) in [6, 6.07) is 4.59. The number of hydrogen-bond acceptors (Lipinski definition) is 2. The first-order valence-corrected chi connectivity index (χ1v) is 6.56. The van der Waals surface area contributed by atoms with Crippen molar-refractivity contribution in [2.45, 2.75) is 39.7 Å². The van der Waals surface area contributed by atoms with E-state index in [4.69, 9.17) is 4.74 Å². The Kier molecular flexibility index (Phi) is 3.90. The van der Waals surface area contributed by atoms with E-state index >= 15 is 0 Å². The van der Waals surface area contributed by atoms with Crippen LogP contribution in [-0.4, -0.2) is 19.1 Å². The third-order valence-corrected chi connectivity index (χ3v) is 3.57. The van der Waals surface area contributed by atoms with Gasteiger partial charge < -0.3 is 10.1 Å². The van der Waals surface area contributed by atoms with Gasteiger partial charge in [-0.1, -0.05) is 26.0 Å². The Hall–Kier alpha value is -1.51. The molecule has 1 aromatic carbocycles. The molecule has 18 heavy (non-hydrogen) atoms. The molecule has 1 unspecified atom stereocenters. The van der Waals surface area contributed by atoms with Crippen molar-refractivity contribution in [3.8, 4) is 5.75 Å². The summed E-state index contributed by atoms with van der Waals surface area (Å²) in [7, 11) is 0. The second-order valence-electron chi connectivity index (χ2n) is 5.34. The predicted molar refractivity (Wildman–Crippen MR) is 71.9 cm³/mol. The minimum absolute atomic E-state index is 0.197. The van der Waals surface area contributed by atoms with Crippen LogP contribution in [0.15, 0.2) is 12.1 Å². The van der Waals surface area contributed by atoms with E-state index in [1.165, 1.54) is 16.7 Å². The second kappa shape index (κ2) is 5.42. The molecular weight excluding hydrogens is 226 g/mol. The van der Waals surface area contributed by atoms with Crippen molar-refractivity contribution in [3.05, 3.63) is 28.8 Å². The highest BCUT2D eigenvalue weighted by Gasteiger charge is 2.18. The largest absolute Gasteiger partial charge is 0.493 e. The molecule has 1 aromatic rings. The molecule has 2 rings (SSSR count). The molecule has 0 fully saturated rings. The van der Waals surface area contributed by atoms with Crippen molar-refractivity contribution in [1.82, 2.24) is 5.32 Å². The number of carbonyl (C=O) groups is 1. The monoisotopic (exact) mass is 247 g/mol. The number of aryl methyl sites for hydroxylation is 1. The Morgan fingerprint density at radius 2 is 2.22 bits per heavy atom. The number of rotatable bonds is 5. The molecule has 0 saturated carbocycles. The number of carbonyl (C=O) groups excluding carboxylic acids is 1. The van der Waals surface area contributed by atoms with Crippen LogP contribution >= 0.6 is 0 Å². The van der Waals surface area contributed by atoms with Crippen molar-refractivity contribution in [2.75, 3.05) is 6.61 Å². The van der Waals surface area contributed by atoms with E-state index < -0.39 is 0 Å². The minimum Gasteiger partial charge on any atom is -0.493 e. The quantitative estimate of drug-likeness (QED) is 0.810. The summed E-state index contributed by atoms with van der Waals surface area (Å²) in [5.41, 5.74) is 3.79. The van der Waals surface area contributed by atoms with Gasteiger partial charge >= 0.3 is 0 Å². The highest BCUT2D eigenvalue weighted by atomic mass is 16.5. The lowest BCUT2D eigenvalue weighted by atomic mass is 9.94. The topological polar surface area (TPSA) is 38.3 Å². The first-order valence-electron chi connectivity index (χ1n) is 6.56. The molecule has 1 atom stereocenters. The summed E-state index contributed by atoms with van der Waals surface area (Å²) < 4.78 is 5.61. The van der Waals surface area contributed by atoms with E-state index in [2.05, 4.69) is 38.2 Å². The Bertz CT molecular complexity index is 440. The Morgan fingerprint density at radius 1 is 1.44 bits per heavy atom. The van der Waals surface area contributed by atoms with E-state index in [1.54, 1.807) is 0 Å². The highest BCUT2D eigenvalue weighted by molar-refractivity contribution is 5.48. The SMILES string of the molecule is Cc1cc(CC(NC=O)C(C)C)cc2c1OCC2. The van der Waals surface area contributed by atoms with E-state index in [0.29, 0.717) is 5.92 Å². The van der Waals surface area contributed by atoms with Crippen LogP contribution in [0.1, 0.15) is 30.5 Å². The van der Waals surface area contributed by atoms with E-state index in [-0.39, 0.29) is 6.04 Å². The van der Waals surface area contributed by atoms with Crippen molar-refractivity contribution in [2.24, 2.45) is 5.92 Å². The van der Waals surface area contributed by atoms with Crippen LogP contribution in [0.4, 0.5) is 0 Å². The zero-order chi connectivity index (χ0) is 13.1. The third-order valence-electron chi connectivity index (χ3n) is 3.57. The molecule has 0 spiro atoms. The zero-order valence-electron chi connectivity index (χ0n) is 11.3. The molecule has 3 nitrogen and oxygen atoms in total. The van der Waals surface area contributed by atoms with Gasteiger partial charge in [0, 0.05) is 12.5 Å². The molecule has 0 bridgehead atoms. The number of amides is 1. The van der Waals surface area contributed by atoms with Crippen LogP contribution in [-0.2, 0) is 17.6 Å². The van der Waals surface area contributed by atoms with Crippen molar-refractivity contribution >= 4 is 6.41 Å². The predicted octanol–water partition coefficient (Wildman–Crippen LogP) is 2.24. The van der Waals surface area contributed by atoms with Gasteiger partial charge in [-0.15, -0.1) is 0 Å². The molecule has 0 aliphatic carbocycles. The maximum atomic E-state index is 10.6. The Balaban J connectivity index is 2.18. The van der Waals surface area contributed by atoms with Crippen molar-refractivity contribution < 1.29 is 9.53 Å².